The standard InChI is InChI=1S/C20H22ClNO/c1-15(23)22-14-20(13-16-7-3-2-4-8-16)12-11-19(21)17-9-5-6-10-18(17)20/h2-10,19H,11-14H2,1H3,(H,22,23). The highest BCUT2D eigenvalue weighted by Gasteiger charge is 2.39. The molecule has 1 amide bonds. The molecule has 120 valence electrons. The number of rotatable bonds is 4. The summed E-state index contributed by atoms with van der Waals surface area (Å²) < 4.78 is 0. The average Bonchev–Trinajstić information content (AvgIpc) is 2.57. The highest BCUT2D eigenvalue weighted by Crippen LogP contribution is 2.46. The molecule has 0 fully saturated rings. The molecular weight excluding hydrogens is 306 g/mol. The minimum absolute atomic E-state index is 0.0166. The molecule has 0 saturated carbocycles. The fourth-order valence-corrected chi connectivity index (χ4v) is 3.96. The van der Waals surface area contributed by atoms with Crippen LogP contribution in [0.3, 0.4) is 0 Å². The number of amides is 1. The third kappa shape index (κ3) is 3.42. The number of halogens is 1. The number of hydrogen-bond acceptors (Lipinski definition) is 1. The number of benzene rings is 2. The van der Waals surface area contributed by atoms with Crippen molar-refractivity contribution in [2.45, 2.75) is 37.0 Å². The molecular formula is C20H22ClNO. The molecule has 0 spiro atoms. The molecule has 0 saturated heterocycles. The maximum Gasteiger partial charge on any atom is 0.216 e. The lowest BCUT2D eigenvalue weighted by molar-refractivity contribution is -0.119. The molecule has 0 aliphatic heterocycles. The van der Waals surface area contributed by atoms with Crippen LogP contribution in [0.25, 0.3) is 0 Å². The van der Waals surface area contributed by atoms with Gasteiger partial charge >= 0.3 is 0 Å². The second-order valence-corrected chi connectivity index (χ2v) is 6.97. The van der Waals surface area contributed by atoms with Crippen LogP contribution in [0.4, 0.5) is 0 Å². The summed E-state index contributed by atoms with van der Waals surface area (Å²) in [5, 5.41) is 3.11. The Balaban J connectivity index is 2.02. The Morgan fingerprint density at radius 3 is 2.61 bits per heavy atom. The van der Waals surface area contributed by atoms with Gasteiger partial charge in [0.2, 0.25) is 5.91 Å². The Morgan fingerprint density at radius 2 is 1.87 bits per heavy atom. The van der Waals surface area contributed by atoms with Gasteiger partial charge in [0.15, 0.2) is 0 Å². The first-order valence-electron chi connectivity index (χ1n) is 8.13. The van der Waals surface area contributed by atoms with Crippen molar-refractivity contribution in [2.24, 2.45) is 0 Å². The summed E-state index contributed by atoms with van der Waals surface area (Å²) in [7, 11) is 0. The molecule has 2 nitrogen and oxygen atoms in total. The Hall–Kier alpha value is -1.80. The summed E-state index contributed by atoms with van der Waals surface area (Å²) in [6.45, 7) is 2.23. The molecule has 1 aliphatic carbocycles. The van der Waals surface area contributed by atoms with Gasteiger partial charge in [0.25, 0.3) is 0 Å². The van der Waals surface area contributed by atoms with Crippen LogP contribution in [0.1, 0.15) is 41.8 Å². The molecule has 1 aliphatic rings. The van der Waals surface area contributed by atoms with Crippen molar-refractivity contribution in [3.63, 3.8) is 0 Å². The number of carbonyl (C=O) groups is 1. The summed E-state index contributed by atoms with van der Waals surface area (Å²) in [5.74, 6) is 0.0166. The van der Waals surface area contributed by atoms with Gasteiger partial charge in [0.05, 0.1) is 5.38 Å². The zero-order valence-corrected chi connectivity index (χ0v) is 14.1. The lowest BCUT2D eigenvalue weighted by atomic mass is 9.66. The smallest absolute Gasteiger partial charge is 0.216 e. The number of hydrogen-bond donors (Lipinski definition) is 1. The largest absolute Gasteiger partial charge is 0.355 e. The van der Waals surface area contributed by atoms with Gasteiger partial charge in [-0.1, -0.05) is 54.6 Å². The van der Waals surface area contributed by atoms with E-state index in [2.05, 4.69) is 47.8 Å². The first kappa shape index (κ1) is 16.1. The summed E-state index contributed by atoms with van der Waals surface area (Å²) in [6.07, 6.45) is 2.83. The van der Waals surface area contributed by atoms with Crippen LogP contribution in [0.2, 0.25) is 0 Å². The lowest BCUT2D eigenvalue weighted by Crippen LogP contribution is -2.44. The number of nitrogens with one attached hydrogen (secondary N) is 1. The van der Waals surface area contributed by atoms with Crippen molar-refractivity contribution in [3.05, 3.63) is 71.3 Å². The number of carbonyl (C=O) groups excluding carboxylic acids is 1. The Morgan fingerprint density at radius 1 is 1.17 bits per heavy atom. The SMILES string of the molecule is CC(=O)NCC1(Cc2ccccc2)CCC(Cl)c2ccccc21. The molecule has 3 rings (SSSR count). The third-order valence-corrected chi connectivity index (χ3v) is 5.26. The second-order valence-electron chi connectivity index (χ2n) is 6.45. The molecule has 2 aromatic carbocycles. The highest BCUT2D eigenvalue weighted by atomic mass is 35.5. The van der Waals surface area contributed by atoms with Gasteiger partial charge in [-0.15, -0.1) is 11.6 Å². The van der Waals surface area contributed by atoms with Crippen molar-refractivity contribution < 1.29 is 4.79 Å². The number of fused-ring (bicyclic) bond motifs is 1. The van der Waals surface area contributed by atoms with Crippen LogP contribution in [0.5, 0.6) is 0 Å². The quantitative estimate of drug-likeness (QED) is 0.830. The van der Waals surface area contributed by atoms with Crippen molar-refractivity contribution in [1.29, 1.82) is 0 Å². The summed E-state index contributed by atoms with van der Waals surface area (Å²) in [6, 6.07) is 18.9. The van der Waals surface area contributed by atoms with Crippen LogP contribution in [-0.2, 0) is 16.6 Å². The minimum atomic E-state index is -0.0883. The summed E-state index contributed by atoms with van der Waals surface area (Å²) in [5.41, 5.74) is 3.70. The van der Waals surface area contributed by atoms with Gasteiger partial charge in [-0.2, -0.15) is 0 Å². The predicted octanol–water partition coefficient (Wildman–Crippen LogP) is 4.38. The topological polar surface area (TPSA) is 29.1 Å². The van der Waals surface area contributed by atoms with Gasteiger partial charge in [0.1, 0.15) is 0 Å². The second kappa shape index (κ2) is 6.76. The first-order chi connectivity index (χ1) is 11.1. The highest BCUT2D eigenvalue weighted by molar-refractivity contribution is 6.21. The molecule has 3 heteroatoms. The fraction of sp³-hybridized carbons (Fsp3) is 0.350. The molecule has 1 N–H and O–H groups in total. The maximum absolute atomic E-state index is 11.5. The van der Waals surface area contributed by atoms with Gasteiger partial charge in [-0.3, -0.25) is 4.79 Å². The Kier molecular flexibility index (Phi) is 4.72. The predicted molar refractivity (Wildman–Crippen MR) is 94.8 cm³/mol. The van der Waals surface area contributed by atoms with Crippen LogP contribution in [-0.4, -0.2) is 12.5 Å². The normalized spacial score (nSPS) is 23.1. The maximum atomic E-state index is 11.5. The van der Waals surface area contributed by atoms with E-state index in [-0.39, 0.29) is 16.7 Å². The lowest BCUT2D eigenvalue weighted by Gasteiger charge is -2.41. The zero-order chi connectivity index (χ0) is 16.3. The summed E-state index contributed by atoms with van der Waals surface area (Å²) >= 11 is 6.55. The van der Waals surface area contributed by atoms with Gasteiger partial charge in [-0.25, -0.2) is 0 Å². The molecule has 0 bridgehead atoms. The van der Waals surface area contributed by atoms with Crippen molar-refractivity contribution in [3.8, 4) is 0 Å². The molecule has 0 heterocycles. The average molecular weight is 328 g/mol. The molecule has 0 radical (unpaired) electrons. The van der Waals surface area contributed by atoms with E-state index in [4.69, 9.17) is 11.6 Å². The third-order valence-electron chi connectivity index (χ3n) is 4.81. The molecule has 2 atom stereocenters. The van der Waals surface area contributed by atoms with E-state index in [0.29, 0.717) is 6.54 Å². The minimum Gasteiger partial charge on any atom is -0.355 e. The van der Waals surface area contributed by atoms with E-state index < -0.39 is 0 Å². The molecule has 2 unspecified atom stereocenters. The fourth-order valence-electron chi connectivity index (χ4n) is 3.66. The van der Waals surface area contributed by atoms with E-state index in [1.54, 1.807) is 6.92 Å². The van der Waals surface area contributed by atoms with Gasteiger partial charge in [0, 0.05) is 18.9 Å². The zero-order valence-electron chi connectivity index (χ0n) is 13.4. The van der Waals surface area contributed by atoms with Crippen LogP contribution >= 0.6 is 11.6 Å². The van der Waals surface area contributed by atoms with Gasteiger partial charge in [-0.05, 0) is 36.0 Å². The number of alkyl halides is 1. The molecule has 0 aromatic heterocycles. The van der Waals surface area contributed by atoms with Crippen LogP contribution < -0.4 is 5.32 Å². The van der Waals surface area contributed by atoms with Gasteiger partial charge < -0.3 is 5.32 Å². The van der Waals surface area contributed by atoms with Crippen molar-refractivity contribution in [1.82, 2.24) is 5.32 Å². The molecule has 23 heavy (non-hydrogen) atoms. The van der Waals surface area contributed by atoms with E-state index >= 15 is 0 Å². The summed E-state index contributed by atoms with van der Waals surface area (Å²) in [4.78, 5) is 11.5. The van der Waals surface area contributed by atoms with E-state index in [1.807, 2.05) is 12.1 Å². The van der Waals surface area contributed by atoms with Crippen LogP contribution in [0.15, 0.2) is 54.6 Å². The Bertz CT molecular complexity index is 685. The van der Waals surface area contributed by atoms with Crippen LogP contribution in [0, 0.1) is 0 Å². The molecule has 2 aromatic rings. The van der Waals surface area contributed by atoms with Crippen molar-refractivity contribution in [2.75, 3.05) is 6.54 Å². The van der Waals surface area contributed by atoms with Crippen molar-refractivity contribution >= 4 is 17.5 Å². The Labute approximate surface area is 142 Å². The van der Waals surface area contributed by atoms with E-state index in [9.17, 15) is 4.79 Å². The van der Waals surface area contributed by atoms with E-state index in [1.165, 1.54) is 16.7 Å². The first-order valence-corrected chi connectivity index (χ1v) is 8.56. The van der Waals surface area contributed by atoms with E-state index in [0.717, 1.165) is 19.3 Å². The monoisotopic (exact) mass is 327 g/mol.